The van der Waals surface area contributed by atoms with Gasteiger partial charge in [-0.15, -0.1) is 5.73 Å². The molecule has 0 aromatic heterocycles. The predicted octanol–water partition coefficient (Wildman–Crippen LogP) is 14.3. The van der Waals surface area contributed by atoms with Crippen molar-refractivity contribution in [1.82, 2.24) is 0 Å². The number of hydrogen-bond acceptors (Lipinski definition) is 6. The maximum atomic E-state index is 13.5. The summed E-state index contributed by atoms with van der Waals surface area (Å²) in [7, 11) is 0. The maximum absolute atomic E-state index is 13.5. The van der Waals surface area contributed by atoms with Gasteiger partial charge in [-0.25, -0.2) is 0 Å². The van der Waals surface area contributed by atoms with Gasteiger partial charge in [0.25, 0.3) is 0 Å². The Kier molecular flexibility index (Phi) is 21.7. The van der Waals surface area contributed by atoms with Crippen LogP contribution in [-0.2, 0) is 19.1 Å². The summed E-state index contributed by atoms with van der Waals surface area (Å²) in [5.74, 6) is -0.0484. The minimum Gasteiger partial charge on any atom is -0.462 e. The molecular formula is C58H84O6. The summed E-state index contributed by atoms with van der Waals surface area (Å²) in [5.41, 5.74) is 5.24. The Morgan fingerprint density at radius 1 is 0.719 bits per heavy atom. The molecule has 6 nitrogen and oxygen atoms in total. The molecule has 0 aromatic carbocycles. The predicted molar refractivity (Wildman–Crippen MR) is 268 cm³/mol. The second-order valence-electron chi connectivity index (χ2n) is 20.3. The molecule has 352 valence electrons. The Morgan fingerprint density at radius 2 is 1.30 bits per heavy atom. The van der Waals surface area contributed by atoms with E-state index in [1.165, 1.54) is 12.8 Å². The average Bonchev–Trinajstić information content (AvgIpc) is 3.81. The number of rotatable bonds is 24. The third-order valence-electron chi connectivity index (χ3n) is 13.1. The molecule has 3 aliphatic rings. The highest BCUT2D eigenvalue weighted by molar-refractivity contribution is 5.96. The van der Waals surface area contributed by atoms with E-state index >= 15 is 0 Å². The van der Waals surface area contributed by atoms with Crippen LogP contribution in [0.2, 0.25) is 0 Å². The van der Waals surface area contributed by atoms with Crippen molar-refractivity contribution in [2.24, 2.45) is 10.8 Å². The van der Waals surface area contributed by atoms with Gasteiger partial charge >= 0.3 is 5.97 Å². The van der Waals surface area contributed by atoms with Gasteiger partial charge in [0.2, 0.25) is 0 Å². The quantitative estimate of drug-likeness (QED) is 0.0191. The summed E-state index contributed by atoms with van der Waals surface area (Å²) in [6.45, 7) is 22.3. The normalized spacial score (nSPS) is 27.7. The van der Waals surface area contributed by atoms with E-state index in [2.05, 4.69) is 69.9 Å². The number of carbonyl (C=O) groups is 2. The number of hydrogen-bond donors (Lipinski definition) is 2. The largest absolute Gasteiger partial charge is 0.462 e. The maximum Gasteiger partial charge on any atom is 0.306 e. The van der Waals surface area contributed by atoms with Crippen molar-refractivity contribution in [3.05, 3.63) is 137 Å². The first-order valence-corrected chi connectivity index (χ1v) is 24.1. The molecule has 0 bridgehead atoms. The van der Waals surface area contributed by atoms with Gasteiger partial charge in [-0.1, -0.05) is 162 Å². The minimum absolute atomic E-state index is 0.0754. The standard InChI is InChI=1S/C58H84O6/c1-12-13-14-15-16-17-18-19-20-21-22-23-24-25-26-37-53(61)63-50-42-55(8,9)58(57(11,43-50)64-58)44-51(60)48(5)36-30-35-46(3)32-28-27-31-45(2)33-29-34-47(4)38-39-52-54(6,7)40-49(59)41-56(52,10)62/h13-14,16-17,19-20,27-36,38,49-50,59,62H,12,15,18,21-26,37,40-44H2,1-11H3/b14-13-,17-16-,20-19-,28-27+,33-29+,35-30+,45-31+,46-32+,47-34+,48-36+/t39?,49-,50-,56+,57+,58-/m0/s1. The van der Waals surface area contributed by atoms with E-state index in [9.17, 15) is 19.8 Å². The molecule has 3 fully saturated rings. The molecule has 64 heavy (non-hydrogen) atoms. The number of carbonyl (C=O) groups excluding carboxylic acids is 2. The molecule has 5 atom stereocenters. The molecule has 0 spiro atoms. The van der Waals surface area contributed by atoms with Crippen molar-refractivity contribution in [1.29, 1.82) is 0 Å². The molecule has 3 rings (SSSR count). The van der Waals surface area contributed by atoms with Crippen LogP contribution in [0.25, 0.3) is 0 Å². The molecule has 6 heteroatoms. The summed E-state index contributed by atoms with van der Waals surface area (Å²) in [5, 5.41) is 21.1. The molecule has 0 unspecified atom stereocenters. The highest BCUT2D eigenvalue weighted by Crippen LogP contribution is 2.67. The van der Waals surface area contributed by atoms with Crippen molar-refractivity contribution in [2.75, 3.05) is 0 Å². The van der Waals surface area contributed by atoms with Crippen molar-refractivity contribution in [2.45, 2.75) is 201 Å². The molecule has 0 amide bonds. The van der Waals surface area contributed by atoms with Gasteiger partial charge in [0.1, 0.15) is 11.7 Å². The second kappa shape index (κ2) is 25.6. The highest BCUT2D eigenvalue weighted by Gasteiger charge is 2.76. The molecule has 1 heterocycles. The SMILES string of the molecule is CC/C=C\C/C=C\C/C=C\CCCCCCCC(=O)O[C@H]1CC(C)(C)[C@]2(CC(=O)/C(C)=C/C=C/C(C)=C/C=C/C=C(C)/C=C/C=C(\C)C=C=C3C(C)(C)C[C@H](O)C[C@@]3(C)O)O[C@]2(C)C1. The van der Waals surface area contributed by atoms with Crippen molar-refractivity contribution in [3.8, 4) is 0 Å². The van der Waals surface area contributed by atoms with Gasteiger partial charge in [0.05, 0.1) is 17.3 Å². The van der Waals surface area contributed by atoms with Gasteiger partial charge in [0.15, 0.2) is 5.78 Å². The van der Waals surface area contributed by atoms with Gasteiger partial charge in [0, 0.05) is 36.7 Å². The number of aliphatic hydroxyl groups is 2. The van der Waals surface area contributed by atoms with Crippen molar-refractivity contribution >= 4 is 11.8 Å². The molecule has 1 aliphatic heterocycles. The Morgan fingerprint density at radius 3 is 1.92 bits per heavy atom. The Labute approximate surface area is 388 Å². The van der Waals surface area contributed by atoms with Crippen LogP contribution in [0.1, 0.15) is 172 Å². The Hall–Kier alpha value is -4.06. The first kappa shape index (κ1) is 54.3. The summed E-state index contributed by atoms with van der Waals surface area (Å²) in [6, 6.07) is 0. The molecule has 0 radical (unpaired) electrons. The lowest BCUT2D eigenvalue weighted by molar-refractivity contribution is -0.153. The zero-order chi connectivity index (χ0) is 47.4. The van der Waals surface area contributed by atoms with E-state index in [0.717, 1.165) is 67.2 Å². The van der Waals surface area contributed by atoms with Crippen LogP contribution in [-0.4, -0.2) is 51.0 Å². The molecular weight excluding hydrogens is 793 g/mol. The van der Waals surface area contributed by atoms with Crippen LogP contribution in [0.4, 0.5) is 0 Å². The second-order valence-corrected chi connectivity index (χ2v) is 20.3. The number of unbranched alkanes of at least 4 members (excludes halogenated alkanes) is 5. The van der Waals surface area contributed by atoms with Crippen LogP contribution in [0.15, 0.2) is 137 Å². The lowest BCUT2D eigenvalue weighted by atomic mass is 9.61. The van der Waals surface area contributed by atoms with Crippen molar-refractivity contribution < 1.29 is 29.3 Å². The van der Waals surface area contributed by atoms with Crippen LogP contribution in [0.5, 0.6) is 0 Å². The number of fused-ring (bicyclic) bond motifs is 1. The monoisotopic (exact) mass is 877 g/mol. The van der Waals surface area contributed by atoms with E-state index in [1.807, 2.05) is 108 Å². The van der Waals surface area contributed by atoms with Crippen molar-refractivity contribution in [3.63, 3.8) is 0 Å². The number of Topliss-reactive ketones (excluding diaryl/α,β-unsaturated/α-hetero) is 1. The van der Waals surface area contributed by atoms with E-state index in [1.54, 1.807) is 6.92 Å². The number of aliphatic hydroxyl groups excluding tert-OH is 1. The van der Waals surface area contributed by atoms with E-state index < -0.39 is 22.9 Å². The lowest BCUT2D eigenvalue weighted by Crippen LogP contribution is -2.49. The fraction of sp³-hybridized carbons (Fsp3) is 0.569. The average molecular weight is 877 g/mol. The van der Waals surface area contributed by atoms with E-state index in [0.29, 0.717) is 44.1 Å². The zero-order valence-electron chi connectivity index (χ0n) is 41.6. The number of ether oxygens (including phenoxy) is 2. The first-order chi connectivity index (χ1) is 30.2. The van der Waals surface area contributed by atoms with Crippen LogP contribution < -0.4 is 0 Å². The summed E-state index contributed by atoms with van der Waals surface area (Å²) >= 11 is 0. The third kappa shape index (κ3) is 17.4. The van der Waals surface area contributed by atoms with Crippen LogP contribution in [0.3, 0.4) is 0 Å². The van der Waals surface area contributed by atoms with Gasteiger partial charge in [-0.3, -0.25) is 9.59 Å². The topological polar surface area (TPSA) is 96.4 Å². The fourth-order valence-corrected chi connectivity index (χ4v) is 9.66. The highest BCUT2D eigenvalue weighted by atomic mass is 16.6. The number of allylic oxidation sites excluding steroid dienone is 20. The van der Waals surface area contributed by atoms with Crippen LogP contribution in [0, 0.1) is 10.8 Å². The summed E-state index contributed by atoms with van der Waals surface area (Å²) in [6.07, 6.45) is 47.1. The van der Waals surface area contributed by atoms with Gasteiger partial charge in [-0.05, 0) is 116 Å². The summed E-state index contributed by atoms with van der Waals surface area (Å²) in [4.78, 5) is 26.4. The van der Waals surface area contributed by atoms with Crippen LogP contribution >= 0.6 is 0 Å². The molecule has 1 saturated heterocycles. The number of ketones is 1. The zero-order valence-corrected chi connectivity index (χ0v) is 41.6. The molecule has 2 aliphatic carbocycles. The third-order valence-corrected chi connectivity index (χ3v) is 13.1. The molecule has 2 N–H and O–H groups in total. The fourth-order valence-electron chi connectivity index (χ4n) is 9.66. The molecule has 2 saturated carbocycles. The summed E-state index contributed by atoms with van der Waals surface area (Å²) < 4.78 is 12.5. The Bertz CT molecular complexity index is 1920. The Balaban J connectivity index is 1.39. The minimum atomic E-state index is -1.08. The smallest absolute Gasteiger partial charge is 0.306 e. The first-order valence-electron chi connectivity index (χ1n) is 24.1. The van der Waals surface area contributed by atoms with E-state index in [-0.39, 0.29) is 28.7 Å². The lowest BCUT2D eigenvalue weighted by Gasteiger charge is -2.43. The number of epoxide rings is 1. The van der Waals surface area contributed by atoms with E-state index in [4.69, 9.17) is 9.47 Å². The van der Waals surface area contributed by atoms with Gasteiger partial charge in [-0.2, -0.15) is 0 Å². The van der Waals surface area contributed by atoms with Gasteiger partial charge < -0.3 is 19.7 Å². The molecule has 0 aromatic rings. The number of esters is 1.